The van der Waals surface area contributed by atoms with Crippen molar-refractivity contribution in [2.75, 3.05) is 20.5 Å². The van der Waals surface area contributed by atoms with Crippen LogP contribution < -0.4 is 14.2 Å². The molecule has 0 radical (unpaired) electrons. The number of nitrogens with one attached hydrogen (secondary N) is 1. The van der Waals surface area contributed by atoms with Crippen LogP contribution in [0.2, 0.25) is 0 Å². The SMILES string of the molecule is COc1cc2c(Oc3ccc4[nH]cc(C)c4c3)ncnc2cc1OCCC1CC2OCOC2C1. The summed E-state index contributed by atoms with van der Waals surface area (Å²) in [4.78, 5) is 12.1. The number of ether oxygens (including phenoxy) is 5. The molecule has 2 fully saturated rings. The van der Waals surface area contributed by atoms with Gasteiger partial charge in [-0.3, -0.25) is 0 Å². The molecule has 0 amide bonds. The number of aromatic nitrogens is 3. The summed E-state index contributed by atoms with van der Waals surface area (Å²) < 4.78 is 29.2. The third-order valence-corrected chi connectivity index (χ3v) is 6.85. The normalized spacial score (nSPS) is 21.8. The minimum atomic E-state index is 0.247. The Morgan fingerprint density at radius 3 is 2.71 bits per heavy atom. The van der Waals surface area contributed by atoms with Gasteiger partial charge in [0.25, 0.3) is 0 Å². The highest BCUT2D eigenvalue weighted by molar-refractivity contribution is 5.88. The Morgan fingerprint density at radius 1 is 1.03 bits per heavy atom. The summed E-state index contributed by atoms with van der Waals surface area (Å²) in [5, 5.41) is 1.88. The summed E-state index contributed by atoms with van der Waals surface area (Å²) in [6, 6.07) is 9.70. The topological polar surface area (TPSA) is 87.7 Å². The quantitative estimate of drug-likeness (QED) is 0.408. The van der Waals surface area contributed by atoms with Crippen LogP contribution in [0.3, 0.4) is 0 Å². The van der Waals surface area contributed by atoms with E-state index < -0.39 is 0 Å². The van der Waals surface area contributed by atoms with E-state index in [-0.39, 0.29) is 12.2 Å². The maximum Gasteiger partial charge on any atom is 0.230 e. The number of hydrogen-bond donors (Lipinski definition) is 1. The molecule has 2 atom stereocenters. The minimum Gasteiger partial charge on any atom is -0.493 e. The predicted molar refractivity (Wildman–Crippen MR) is 127 cm³/mol. The number of rotatable bonds is 7. The van der Waals surface area contributed by atoms with Gasteiger partial charge in [-0.25, -0.2) is 9.97 Å². The molecule has 1 aliphatic carbocycles. The molecule has 3 heterocycles. The number of fused-ring (bicyclic) bond motifs is 3. The van der Waals surface area contributed by atoms with Crippen LogP contribution >= 0.6 is 0 Å². The zero-order chi connectivity index (χ0) is 23.1. The molecule has 1 aliphatic heterocycles. The van der Waals surface area contributed by atoms with Crippen molar-refractivity contribution in [3.05, 3.63) is 48.4 Å². The van der Waals surface area contributed by atoms with Crippen molar-refractivity contribution in [3.63, 3.8) is 0 Å². The fourth-order valence-corrected chi connectivity index (χ4v) is 5.00. The van der Waals surface area contributed by atoms with Crippen LogP contribution in [0.5, 0.6) is 23.1 Å². The van der Waals surface area contributed by atoms with E-state index in [0.29, 0.717) is 42.4 Å². The molecule has 1 saturated carbocycles. The van der Waals surface area contributed by atoms with Crippen LogP contribution in [0.15, 0.2) is 42.9 Å². The lowest BCUT2D eigenvalue weighted by molar-refractivity contribution is 0.0211. The van der Waals surface area contributed by atoms with Gasteiger partial charge in [-0.15, -0.1) is 0 Å². The summed E-state index contributed by atoms with van der Waals surface area (Å²) in [5.74, 6) is 3.02. The molecule has 1 saturated heterocycles. The number of aryl methyl sites for hydroxylation is 1. The molecule has 8 nitrogen and oxygen atoms in total. The first-order chi connectivity index (χ1) is 16.7. The third-order valence-electron chi connectivity index (χ3n) is 6.85. The van der Waals surface area contributed by atoms with Crippen molar-refractivity contribution in [1.82, 2.24) is 15.0 Å². The molecule has 176 valence electrons. The molecular weight excluding hydrogens is 434 g/mol. The van der Waals surface area contributed by atoms with E-state index in [1.807, 2.05) is 36.5 Å². The maximum atomic E-state index is 6.16. The minimum absolute atomic E-state index is 0.247. The molecule has 2 aromatic carbocycles. The van der Waals surface area contributed by atoms with Gasteiger partial charge in [-0.2, -0.15) is 0 Å². The van der Waals surface area contributed by atoms with E-state index in [1.165, 1.54) is 6.33 Å². The second kappa shape index (κ2) is 8.77. The Morgan fingerprint density at radius 2 is 1.88 bits per heavy atom. The summed E-state index contributed by atoms with van der Waals surface area (Å²) in [5.41, 5.74) is 2.97. The second-order valence-electron chi connectivity index (χ2n) is 8.98. The summed E-state index contributed by atoms with van der Waals surface area (Å²) in [7, 11) is 1.63. The van der Waals surface area contributed by atoms with Gasteiger partial charge in [0.15, 0.2) is 11.5 Å². The first-order valence-electron chi connectivity index (χ1n) is 11.6. The molecule has 0 spiro atoms. The van der Waals surface area contributed by atoms with Gasteiger partial charge in [0.2, 0.25) is 5.88 Å². The number of methoxy groups -OCH3 is 1. The summed E-state index contributed by atoms with van der Waals surface area (Å²) in [6.07, 6.45) is 7.00. The molecule has 2 aromatic heterocycles. The Balaban J connectivity index is 1.20. The first kappa shape index (κ1) is 21.2. The predicted octanol–water partition coefficient (Wildman–Crippen LogP) is 5.14. The Labute approximate surface area is 197 Å². The summed E-state index contributed by atoms with van der Waals surface area (Å²) >= 11 is 0. The van der Waals surface area contributed by atoms with E-state index in [4.69, 9.17) is 23.7 Å². The molecule has 4 aromatic rings. The summed E-state index contributed by atoms with van der Waals surface area (Å²) in [6.45, 7) is 3.09. The van der Waals surface area contributed by atoms with Crippen LogP contribution in [0, 0.1) is 12.8 Å². The fraction of sp³-hybridized carbons (Fsp3) is 0.385. The average Bonchev–Trinajstić information content (AvgIpc) is 3.54. The largest absolute Gasteiger partial charge is 0.493 e. The standard InChI is InChI=1S/C26H27N3O5/c1-15-12-27-20-4-3-17(9-18(15)20)34-26-19-10-22(30-2)25(11-21(19)28-13-29-26)31-6-5-16-7-23-24(8-16)33-14-32-23/h3-4,9-13,16,23-24,27H,5-8,14H2,1-2H3. The van der Waals surface area contributed by atoms with Crippen molar-refractivity contribution >= 4 is 21.8 Å². The molecule has 2 aliphatic rings. The third kappa shape index (κ3) is 3.93. The Kier molecular flexibility index (Phi) is 5.47. The van der Waals surface area contributed by atoms with Crippen LogP contribution in [0.25, 0.3) is 21.8 Å². The maximum absolute atomic E-state index is 6.16. The van der Waals surface area contributed by atoms with E-state index in [2.05, 4.69) is 21.9 Å². The van der Waals surface area contributed by atoms with Gasteiger partial charge in [-0.05, 0) is 61.9 Å². The molecule has 2 unspecified atom stereocenters. The number of aromatic amines is 1. The van der Waals surface area contributed by atoms with Gasteiger partial charge in [-0.1, -0.05) is 0 Å². The van der Waals surface area contributed by atoms with Crippen LogP contribution in [-0.4, -0.2) is 47.7 Å². The Hall–Kier alpha value is -3.36. The molecule has 0 bridgehead atoms. The zero-order valence-electron chi connectivity index (χ0n) is 19.2. The van der Waals surface area contributed by atoms with Crippen molar-refractivity contribution in [2.24, 2.45) is 5.92 Å². The van der Waals surface area contributed by atoms with E-state index in [9.17, 15) is 0 Å². The number of nitrogens with zero attached hydrogens (tertiary/aromatic N) is 2. The van der Waals surface area contributed by atoms with E-state index in [0.717, 1.165) is 46.6 Å². The monoisotopic (exact) mass is 461 g/mol. The average molecular weight is 462 g/mol. The van der Waals surface area contributed by atoms with Gasteiger partial charge in [0, 0.05) is 23.2 Å². The van der Waals surface area contributed by atoms with Gasteiger partial charge in [0.05, 0.1) is 36.8 Å². The van der Waals surface area contributed by atoms with E-state index >= 15 is 0 Å². The van der Waals surface area contributed by atoms with Gasteiger partial charge < -0.3 is 28.7 Å². The number of hydrogen-bond acceptors (Lipinski definition) is 7. The highest BCUT2D eigenvalue weighted by atomic mass is 16.7. The molecule has 34 heavy (non-hydrogen) atoms. The van der Waals surface area contributed by atoms with Crippen molar-refractivity contribution in [1.29, 1.82) is 0 Å². The van der Waals surface area contributed by atoms with Gasteiger partial charge in [0.1, 0.15) is 18.9 Å². The molecular formula is C26H27N3O5. The molecule has 8 heteroatoms. The first-order valence-corrected chi connectivity index (χ1v) is 11.6. The van der Waals surface area contributed by atoms with E-state index in [1.54, 1.807) is 7.11 Å². The molecule has 6 rings (SSSR count). The zero-order valence-corrected chi connectivity index (χ0v) is 19.2. The lowest BCUT2D eigenvalue weighted by Gasteiger charge is -2.15. The Bertz CT molecular complexity index is 1330. The fourth-order valence-electron chi connectivity index (χ4n) is 5.00. The number of H-pyrrole nitrogens is 1. The van der Waals surface area contributed by atoms with Gasteiger partial charge >= 0.3 is 0 Å². The van der Waals surface area contributed by atoms with Crippen LogP contribution in [-0.2, 0) is 9.47 Å². The van der Waals surface area contributed by atoms with Crippen LogP contribution in [0.1, 0.15) is 24.8 Å². The highest BCUT2D eigenvalue weighted by Crippen LogP contribution is 2.38. The lowest BCUT2D eigenvalue weighted by atomic mass is 10.0. The lowest BCUT2D eigenvalue weighted by Crippen LogP contribution is -2.13. The van der Waals surface area contributed by atoms with Crippen molar-refractivity contribution in [2.45, 2.75) is 38.4 Å². The second-order valence-corrected chi connectivity index (χ2v) is 8.98. The van der Waals surface area contributed by atoms with Crippen molar-refractivity contribution < 1.29 is 23.7 Å². The smallest absolute Gasteiger partial charge is 0.230 e. The highest BCUT2D eigenvalue weighted by Gasteiger charge is 2.39. The number of benzene rings is 2. The van der Waals surface area contributed by atoms with Crippen LogP contribution in [0.4, 0.5) is 0 Å². The van der Waals surface area contributed by atoms with Crippen molar-refractivity contribution in [3.8, 4) is 23.1 Å². The molecule has 1 N–H and O–H groups in total.